The normalized spacial score (nSPS) is 30.9. The van der Waals surface area contributed by atoms with E-state index < -0.39 is 5.60 Å². The van der Waals surface area contributed by atoms with Crippen LogP contribution in [0.25, 0.3) is 0 Å². The van der Waals surface area contributed by atoms with E-state index >= 15 is 0 Å². The summed E-state index contributed by atoms with van der Waals surface area (Å²) in [6, 6.07) is 2.08. The van der Waals surface area contributed by atoms with Gasteiger partial charge in [0.2, 0.25) is 0 Å². The molecule has 0 amide bonds. The number of hydrogen-bond donors (Lipinski definition) is 3. The summed E-state index contributed by atoms with van der Waals surface area (Å²) in [5.41, 5.74) is 6.31. The van der Waals surface area contributed by atoms with Crippen molar-refractivity contribution in [2.45, 2.75) is 73.4 Å². The van der Waals surface area contributed by atoms with E-state index in [1.54, 1.807) is 12.4 Å². The van der Waals surface area contributed by atoms with Crippen molar-refractivity contribution in [2.24, 2.45) is 11.1 Å². The van der Waals surface area contributed by atoms with Crippen LogP contribution in [0.15, 0.2) is 28.4 Å². The minimum Gasteiger partial charge on any atom is -0.486 e. The number of pyridine rings is 1. The zero-order chi connectivity index (χ0) is 25.1. The van der Waals surface area contributed by atoms with Crippen molar-refractivity contribution in [3.63, 3.8) is 0 Å². The van der Waals surface area contributed by atoms with Crippen molar-refractivity contribution in [1.82, 2.24) is 15.0 Å². The Bertz CT molecular complexity index is 1140. The monoisotopic (exact) mass is 514 g/mol. The second kappa shape index (κ2) is 8.98. The average molecular weight is 515 g/mol. The van der Waals surface area contributed by atoms with Crippen LogP contribution in [0.2, 0.25) is 0 Å². The molecule has 0 bridgehead atoms. The standard InChI is InChI=1S/C25H34N6O4S/c1-15-21(26)25(14-35-15)4-7-30(8-5-25)22-17(11-32)29-19(10-28-22)36-18-3-6-27-23-20(18)34-12-16-9-24(2,33)13-31(16)23/h3,6,10,15-16,21,32-33H,4-5,7-9,11-14,26H2,1-2H3/t15-,16-,21+,24+/m0/s1. The number of nitrogens with zero attached hydrogens (tertiary/aromatic N) is 5. The summed E-state index contributed by atoms with van der Waals surface area (Å²) in [6.07, 6.45) is 6.14. The first-order chi connectivity index (χ1) is 17.3. The first-order valence-electron chi connectivity index (χ1n) is 12.7. The third kappa shape index (κ3) is 4.10. The Morgan fingerprint density at radius 1 is 1.25 bits per heavy atom. The molecule has 194 valence electrons. The maximum Gasteiger partial charge on any atom is 0.175 e. The molecule has 4 atom stereocenters. The summed E-state index contributed by atoms with van der Waals surface area (Å²) in [5.74, 6) is 2.19. The van der Waals surface area contributed by atoms with Crippen LogP contribution in [0.1, 0.15) is 38.8 Å². The van der Waals surface area contributed by atoms with Gasteiger partial charge in [0.15, 0.2) is 17.4 Å². The van der Waals surface area contributed by atoms with Crippen molar-refractivity contribution >= 4 is 23.4 Å². The summed E-state index contributed by atoms with van der Waals surface area (Å²) < 4.78 is 12.0. The Kier molecular flexibility index (Phi) is 6.03. The fourth-order valence-electron chi connectivity index (χ4n) is 6.17. The number of anilines is 2. The first-order valence-corrected chi connectivity index (χ1v) is 13.5. The van der Waals surface area contributed by atoms with Crippen LogP contribution in [0, 0.1) is 5.41 Å². The third-order valence-electron chi connectivity index (χ3n) is 8.24. The van der Waals surface area contributed by atoms with Crippen LogP contribution in [0.5, 0.6) is 5.75 Å². The molecule has 0 aromatic carbocycles. The molecule has 2 aromatic heterocycles. The Morgan fingerprint density at radius 3 is 2.78 bits per heavy atom. The molecule has 0 unspecified atom stereocenters. The lowest BCUT2D eigenvalue weighted by Crippen LogP contribution is -2.51. The van der Waals surface area contributed by atoms with Crippen LogP contribution in [-0.2, 0) is 11.3 Å². The number of piperidine rings is 1. The number of rotatable bonds is 4. The second-order valence-electron chi connectivity index (χ2n) is 10.9. The van der Waals surface area contributed by atoms with E-state index in [1.807, 2.05) is 13.0 Å². The van der Waals surface area contributed by atoms with Gasteiger partial charge in [0.1, 0.15) is 17.3 Å². The minimum absolute atomic E-state index is 0.0285. The fraction of sp³-hybridized carbons (Fsp3) is 0.640. The SMILES string of the molecule is C[C@@H]1OCC2(CCN(c3ncc(Sc4ccnc5c4OC[C@@H]4C[C@@](C)(O)CN54)nc3CO)CC2)[C@@H]1N. The number of fused-ring (bicyclic) bond motifs is 3. The zero-order valence-corrected chi connectivity index (χ0v) is 21.6. The van der Waals surface area contributed by atoms with Gasteiger partial charge in [0.25, 0.3) is 0 Å². The van der Waals surface area contributed by atoms with E-state index in [-0.39, 0.29) is 30.2 Å². The topological polar surface area (TPSA) is 130 Å². The summed E-state index contributed by atoms with van der Waals surface area (Å²) >= 11 is 1.45. The molecule has 0 saturated carbocycles. The number of aliphatic hydroxyl groups excluding tert-OH is 1. The lowest BCUT2D eigenvalue weighted by Gasteiger charge is -2.41. The van der Waals surface area contributed by atoms with Gasteiger partial charge in [-0.3, -0.25) is 0 Å². The highest BCUT2D eigenvalue weighted by atomic mass is 32.2. The van der Waals surface area contributed by atoms with Crippen molar-refractivity contribution < 1.29 is 19.7 Å². The van der Waals surface area contributed by atoms with Gasteiger partial charge in [-0.05, 0) is 32.8 Å². The van der Waals surface area contributed by atoms with Gasteiger partial charge < -0.3 is 35.2 Å². The molecule has 6 heterocycles. The Labute approximate surface area is 215 Å². The third-order valence-corrected chi connectivity index (χ3v) is 9.19. The lowest BCUT2D eigenvalue weighted by molar-refractivity contribution is 0.0783. The smallest absolute Gasteiger partial charge is 0.175 e. The number of aromatic nitrogens is 3. The Morgan fingerprint density at radius 2 is 2.06 bits per heavy atom. The molecule has 6 rings (SSSR count). The van der Waals surface area contributed by atoms with Crippen LogP contribution < -0.4 is 20.3 Å². The van der Waals surface area contributed by atoms with E-state index in [4.69, 9.17) is 25.2 Å². The number of aliphatic hydroxyl groups is 2. The van der Waals surface area contributed by atoms with Crippen LogP contribution in [0.3, 0.4) is 0 Å². The summed E-state index contributed by atoms with van der Waals surface area (Å²) in [6.45, 7) is 7.10. The van der Waals surface area contributed by atoms with Gasteiger partial charge in [-0.25, -0.2) is 15.0 Å². The molecule has 36 heavy (non-hydrogen) atoms. The molecule has 10 nitrogen and oxygen atoms in total. The van der Waals surface area contributed by atoms with Crippen LogP contribution in [0.4, 0.5) is 11.6 Å². The second-order valence-corrected chi connectivity index (χ2v) is 11.9. The van der Waals surface area contributed by atoms with Crippen molar-refractivity contribution in [1.29, 1.82) is 0 Å². The van der Waals surface area contributed by atoms with E-state index in [2.05, 4.69) is 21.7 Å². The van der Waals surface area contributed by atoms with Gasteiger partial charge in [0.05, 0.1) is 42.1 Å². The molecule has 4 N–H and O–H groups in total. The first kappa shape index (κ1) is 24.2. The van der Waals surface area contributed by atoms with Crippen molar-refractivity contribution in [3.8, 4) is 5.75 Å². The predicted molar refractivity (Wildman–Crippen MR) is 135 cm³/mol. The molecule has 3 fully saturated rings. The number of hydrogen-bond acceptors (Lipinski definition) is 11. The Hall–Kier alpha value is -2.18. The predicted octanol–water partition coefficient (Wildman–Crippen LogP) is 1.57. The molecule has 11 heteroatoms. The molecule has 4 aliphatic rings. The van der Waals surface area contributed by atoms with Crippen LogP contribution in [-0.4, -0.2) is 81.8 Å². The molecule has 0 aliphatic carbocycles. The van der Waals surface area contributed by atoms with Crippen molar-refractivity contribution in [3.05, 3.63) is 24.2 Å². The summed E-state index contributed by atoms with van der Waals surface area (Å²) in [7, 11) is 0. The largest absolute Gasteiger partial charge is 0.486 e. The van der Waals surface area contributed by atoms with Gasteiger partial charge in [0, 0.05) is 43.7 Å². The highest BCUT2D eigenvalue weighted by molar-refractivity contribution is 7.99. The quantitative estimate of drug-likeness (QED) is 0.550. The van der Waals surface area contributed by atoms with Gasteiger partial charge in [-0.1, -0.05) is 11.8 Å². The maximum atomic E-state index is 10.5. The fourth-order valence-corrected chi connectivity index (χ4v) is 7.03. The molecule has 1 spiro atoms. The van der Waals surface area contributed by atoms with Gasteiger partial charge >= 0.3 is 0 Å². The van der Waals surface area contributed by atoms with E-state index in [0.717, 1.165) is 42.5 Å². The zero-order valence-electron chi connectivity index (χ0n) is 20.8. The van der Waals surface area contributed by atoms with E-state index in [1.165, 1.54) is 11.8 Å². The molecule has 3 saturated heterocycles. The highest BCUT2D eigenvalue weighted by Gasteiger charge is 2.48. The van der Waals surface area contributed by atoms with Crippen LogP contribution >= 0.6 is 11.8 Å². The average Bonchev–Trinajstić information content (AvgIpc) is 3.35. The molecule has 4 aliphatic heterocycles. The van der Waals surface area contributed by atoms with Gasteiger partial charge in [-0.15, -0.1) is 0 Å². The lowest BCUT2D eigenvalue weighted by atomic mass is 9.73. The Balaban J connectivity index is 1.20. The maximum absolute atomic E-state index is 10.5. The molecular formula is C25H34N6O4S. The number of nitrogens with two attached hydrogens (primary N) is 1. The summed E-state index contributed by atoms with van der Waals surface area (Å²) in [5, 5.41) is 21.3. The van der Waals surface area contributed by atoms with E-state index in [9.17, 15) is 10.2 Å². The minimum atomic E-state index is -0.750. The molecule has 2 aromatic rings. The number of ether oxygens (including phenoxy) is 2. The van der Waals surface area contributed by atoms with Gasteiger partial charge in [-0.2, -0.15) is 0 Å². The molecular weight excluding hydrogens is 480 g/mol. The van der Waals surface area contributed by atoms with E-state index in [0.29, 0.717) is 42.6 Å². The van der Waals surface area contributed by atoms with Crippen molar-refractivity contribution in [2.75, 3.05) is 42.6 Å². The highest BCUT2D eigenvalue weighted by Crippen LogP contribution is 2.46. The summed E-state index contributed by atoms with van der Waals surface area (Å²) in [4.78, 5) is 19.3. The molecule has 0 radical (unpaired) electrons.